The molecule has 0 radical (unpaired) electrons. The molecule has 1 atom stereocenters. The first-order valence-electron chi connectivity index (χ1n) is 8.42. The van der Waals surface area contributed by atoms with Gasteiger partial charge in [-0.05, 0) is 12.5 Å². The van der Waals surface area contributed by atoms with E-state index in [9.17, 15) is 13.6 Å². The van der Waals surface area contributed by atoms with E-state index in [4.69, 9.17) is 14.0 Å². The van der Waals surface area contributed by atoms with E-state index in [1.54, 1.807) is 18.2 Å². The van der Waals surface area contributed by atoms with Crippen LogP contribution in [-0.4, -0.2) is 30.8 Å². The van der Waals surface area contributed by atoms with Crippen LogP contribution in [0.25, 0.3) is 0 Å². The number of benzene rings is 1. The van der Waals surface area contributed by atoms with Gasteiger partial charge in [0.1, 0.15) is 18.1 Å². The van der Waals surface area contributed by atoms with Crippen molar-refractivity contribution in [3.63, 3.8) is 0 Å². The number of nitrogens with one attached hydrogen (secondary N) is 1. The average Bonchev–Trinajstić information content (AvgIpc) is 3.27. The second-order valence-electron chi connectivity index (χ2n) is 6.16. The number of amides is 1. The quantitative estimate of drug-likeness (QED) is 0.776. The molecule has 1 fully saturated rings. The van der Waals surface area contributed by atoms with Gasteiger partial charge in [-0.15, -0.1) is 0 Å². The van der Waals surface area contributed by atoms with Gasteiger partial charge in [-0.25, -0.2) is 8.78 Å². The van der Waals surface area contributed by atoms with Crippen LogP contribution >= 0.6 is 0 Å². The molecule has 8 heteroatoms. The third-order valence-corrected chi connectivity index (χ3v) is 4.15. The van der Waals surface area contributed by atoms with Crippen molar-refractivity contribution in [2.45, 2.75) is 26.1 Å². The van der Waals surface area contributed by atoms with E-state index in [0.717, 1.165) is 6.42 Å². The van der Waals surface area contributed by atoms with Gasteiger partial charge in [0.2, 0.25) is 5.91 Å². The van der Waals surface area contributed by atoms with Crippen molar-refractivity contribution in [2.75, 3.05) is 19.8 Å². The second-order valence-corrected chi connectivity index (χ2v) is 6.16. The lowest BCUT2D eigenvalue weighted by Crippen LogP contribution is -2.31. The summed E-state index contributed by atoms with van der Waals surface area (Å²) in [7, 11) is 0. The molecule has 26 heavy (non-hydrogen) atoms. The molecule has 1 amide bonds. The van der Waals surface area contributed by atoms with E-state index in [-0.39, 0.29) is 37.0 Å². The minimum Gasteiger partial charge on any atom is -0.381 e. The largest absolute Gasteiger partial charge is 0.381 e. The van der Waals surface area contributed by atoms with E-state index < -0.39 is 11.6 Å². The first kappa shape index (κ1) is 18.5. The van der Waals surface area contributed by atoms with Gasteiger partial charge in [0.25, 0.3) is 0 Å². The zero-order chi connectivity index (χ0) is 18.4. The summed E-state index contributed by atoms with van der Waals surface area (Å²) < 4.78 is 43.1. The Kier molecular flexibility index (Phi) is 6.30. The predicted octanol–water partition coefficient (Wildman–Crippen LogP) is 2.36. The van der Waals surface area contributed by atoms with Crippen LogP contribution in [0.4, 0.5) is 8.78 Å². The van der Waals surface area contributed by atoms with Crippen LogP contribution in [0.15, 0.2) is 28.8 Å². The molecule has 1 aliphatic heterocycles. The predicted molar refractivity (Wildman–Crippen MR) is 87.0 cm³/mol. The lowest BCUT2D eigenvalue weighted by Gasteiger charge is -2.08. The highest BCUT2D eigenvalue weighted by Gasteiger charge is 2.20. The topological polar surface area (TPSA) is 73.6 Å². The molecule has 1 N–H and O–H groups in total. The molecule has 0 bridgehead atoms. The number of hydrogen-bond acceptors (Lipinski definition) is 5. The number of rotatable bonds is 8. The van der Waals surface area contributed by atoms with Gasteiger partial charge in [-0.2, -0.15) is 0 Å². The van der Waals surface area contributed by atoms with Crippen LogP contribution in [0.2, 0.25) is 0 Å². The highest BCUT2D eigenvalue weighted by Crippen LogP contribution is 2.16. The fraction of sp³-hybridized carbons (Fsp3) is 0.444. The zero-order valence-corrected chi connectivity index (χ0v) is 14.2. The summed E-state index contributed by atoms with van der Waals surface area (Å²) in [6.07, 6.45) is 0.693. The van der Waals surface area contributed by atoms with Crippen LogP contribution in [-0.2, 0) is 33.9 Å². The number of ether oxygens (including phenoxy) is 2. The number of carbonyl (C=O) groups is 1. The Bertz CT molecular complexity index is 745. The molecule has 1 saturated heterocycles. The smallest absolute Gasteiger partial charge is 0.226 e. The lowest BCUT2D eigenvalue weighted by molar-refractivity contribution is -0.120. The normalized spacial score (nSPS) is 16.8. The minimum atomic E-state index is -0.710. The highest BCUT2D eigenvalue weighted by atomic mass is 19.1. The Labute approximate surface area is 149 Å². The first-order valence-corrected chi connectivity index (χ1v) is 8.42. The van der Waals surface area contributed by atoms with Crippen LogP contribution in [0.3, 0.4) is 0 Å². The molecule has 0 saturated carbocycles. The Morgan fingerprint density at radius 2 is 2.15 bits per heavy atom. The van der Waals surface area contributed by atoms with Gasteiger partial charge >= 0.3 is 0 Å². The highest BCUT2D eigenvalue weighted by molar-refractivity contribution is 5.78. The molecule has 1 aromatic carbocycles. The van der Waals surface area contributed by atoms with E-state index in [1.807, 2.05) is 0 Å². The number of nitrogens with zero attached hydrogens (tertiary/aromatic N) is 1. The molecule has 1 aliphatic rings. The lowest BCUT2D eigenvalue weighted by atomic mass is 10.1. The van der Waals surface area contributed by atoms with E-state index in [2.05, 4.69) is 10.5 Å². The van der Waals surface area contributed by atoms with Crippen molar-refractivity contribution in [1.82, 2.24) is 10.5 Å². The van der Waals surface area contributed by atoms with Gasteiger partial charge in [-0.1, -0.05) is 23.4 Å². The van der Waals surface area contributed by atoms with Crippen molar-refractivity contribution in [1.29, 1.82) is 0 Å². The Morgan fingerprint density at radius 1 is 1.31 bits per heavy atom. The van der Waals surface area contributed by atoms with E-state index in [0.29, 0.717) is 31.2 Å². The van der Waals surface area contributed by atoms with Gasteiger partial charge in [0, 0.05) is 24.6 Å². The standard InChI is InChI=1S/C18H20F2N2O4/c19-14-4-2-1-3-13(14)10-25-11-16-18(20)15(22-26-16)7-17(23)21-8-12-5-6-24-9-12/h1-4,12H,5-11H2,(H,21,23). The molecule has 2 heterocycles. The second kappa shape index (κ2) is 8.86. The third-order valence-electron chi connectivity index (χ3n) is 4.15. The van der Waals surface area contributed by atoms with Crippen molar-refractivity contribution < 1.29 is 27.6 Å². The summed E-state index contributed by atoms with van der Waals surface area (Å²) in [5.74, 6) is -1.26. The maximum absolute atomic E-state index is 14.2. The third kappa shape index (κ3) is 4.86. The fourth-order valence-electron chi connectivity index (χ4n) is 2.64. The van der Waals surface area contributed by atoms with Gasteiger partial charge < -0.3 is 19.3 Å². The van der Waals surface area contributed by atoms with Crippen LogP contribution < -0.4 is 5.32 Å². The maximum atomic E-state index is 14.2. The summed E-state index contributed by atoms with van der Waals surface area (Å²) in [5.41, 5.74) is 0.289. The minimum absolute atomic E-state index is 0.0217. The monoisotopic (exact) mass is 366 g/mol. The molecule has 1 unspecified atom stereocenters. The van der Waals surface area contributed by atoms with Crippen molar-refractivity contribution in [3.05, 3.63) is 52.9 Å². The molecular formula is C18H20F2N2O4. The van der Waals surface area contributed by atoms with Crippen LogP contribution in [0.1, 0.15) is 23.4 Å². The van der Waals surface area contributed by atoms with E-state index >= 15 is 0 Å². The number of aromatic nitrogens is 1. The average molecular weight is 366 g/mol. The van der Waals surface area contributed by atoms with Crippen molar-refractivity contribution in [3.8, 4) is 0 Å². The van der Waals surface area contributed by atoms with E-state index in [1.165, 1.54) is 6.07 Å². The SMILES string of the molecule is O=C(Cc1noc(COCc2ccccc2F)c1F)NCC1CCOC1. The molecule has 0 aliphatic carbocycles. The van der Waals surface area contributed by atoms with Gasteiger partial charge in [0.05, 0.1) is 19.6 Å². The fourth-order valence-corrected chi connectivity index (χ4v) is 2.64. The van der Waals surface area contributed by atoms with Crippen LogP contribution in [0, 0.1) is 17.6 Å². The summed E-state index contributed by atoms with van der Waals surface area (Å²) in [6.45, 7) is 1.61. The Hall–Kier alpha value is -2.32. The molecule has 2 aromatic rings. The molecular weight excluding hydrogens is 346 g/mol. The van der Waals surface area contributed by atoms with Crippen molar-refractivity contribution in [2.24, 2.45) is 5.92 Å². The summed E-state index contributed by atoms with van der Waals surface area (Å²) in [5, 5.41) is 6.33. The number of carbonyl (C=O) groups excluding carboxylic acids is 1. The number of hydrogen-bond donors (Lipinski definition) is 1. The summed E-state index contributed by atoms with van der Waals surface area (Å²) in [4.78, 5) is 11.9. The first-order chi connectivity index (χ1) is 12.6. The van der Waals surface area contributed by atoms with Gasteiger partial charge in [-0.3, -0.25) is 4.79 Å². The van der Waals surface area contributed by atoms with Gasteiger partial charge in [0.15, 0.2) is 11.6 Å². The van der Waals surface area contributed by atoms with Crippen LogP contribution in [0.5, 0.6) is 0 Å². The Morgan fingerprint density at radius 3 is 2.92 bits per heavy atom. The summed E-state index contributed by atoms with van der Waals surface area (Å²) >= 11 is 0. The summed E-state index contributed by atoms with van der Waals surface area (Å²) in [6, 6.07) is 6.16. The molecule has 6 nitrogen and oxygen atoms in total. The molecule has 140 valence electrons. The van der Waals surface area contributed by atoms with Crippen molar-refractivity contribution >= 4 is 5.91 Å². The zero-order valence-electron chi connectivity index (χ0n) is 14.2. The Balaban J connectivity index is 1.46. The molecule has 1 aromatic heterocycles. The maximum Gasteiger partial charge on any atom is 0.226 e. The number of halogens is 2. The molecule has 0 spiro atoms. The molecule has 3 rings (SSSR count).